The number of unbranched alkanes of at least 4 members (excludes halogenated alkanes) is 1. The van der Waals surface area contributed by atoms with Crippen LogP contribution in [0.2, 0.25) is 0 Å². The van der Waals surface area contributed by atoms with Crippen LogP contribution in [-0.4, -0.2) is 74.4 Å². The van der Waals surface area contributed by atoms with E-state index >= 15 is 0 Å². The van der Waals surface area contributed by atoms with Crippen LogP contribution in [0.4, 0.5) is 15.3 Å². The van der Waals surface area contributed by atoms with Crippen molar-refractivity contribution in [1.29, 1.82) is 0 Å². The number of phenols is 2. The fraction of sp³-hybridized carbons (Fsp3) is 0.545. The minimum Gasteiger partial charge on any atom is -0.508 e. The second kappa shape index (κ2) is 18.3. The van der Waals surface area contributed by atoms with Gasteiger partial charge in [-0.3, -0.25) is 4.79 Å². The molecule has 13 heteroatoms. The van der Waals surface area contributed by atoms with Crippen molar-refractivity contribution in [3.05, 3.63) is 54.1 Å². The Labute approximate surface area is 276 Å². The lowest BCUT2D eigenvalue weighted by molar-refractivity contribution is -0.137. The number of rotatable bonds is 10. The Morgan fingerprint density at radius 2 is 1.52 bits per heavy atom. The molecule has 4 rings (SSSR count). The summed E-state index contributed by atoms with van der Waals surface area (Å²) in [4.78, 5) is 32.8. The average molecular weight is 663 g/mol. The van der Waals surface area contributed by atoms with Crippen molar-refractivity contribution in [3.8, 4) is 11.5 Å². The van der Waals surface area contributed by atoms with Gasteiger partial charge in [-0.05, 0) is 96.3 Å². The number of carboxylic acids is 1. The zero-order chi connectivity index (χ0) is 34.3. The number of carboxylic acid groups (broad SMARTS) is 1. The summed E-state index contributed by atoms with van der Waals surface area (Å²) >= 11 is 1.87. The van der Waals surface area contributed by atoms with E-state index in [1.807, 2.05) is 53.3 Å². The third-order valence-corrected chi connectivity index (χ3v) is 8.00. The number of nitrogens with one attached hydrogen (secondary N) is 4. The second-order valence-electron chi connectivity index (χ2n) is 12.9. The second-order valence-corrected chi connectivity index (χ2v) is 14.2. The highest BCUT2D eigenvalue weighted by Gasteiger charge is 2.42. The number of hydrogen-bond acceptors (Lipinski definition) is 9. The number of amides is 3. The van der Waals surface area contributed by atoms with Gasteiger partial charge in [0.2, 0.25) is 0 Å². The van der Waals surface area contributed by atoms with Gasteiger partial charge in [0.1, 0.15) is 23.8 Å². The van der Waals surface area contributed by atoms with E-state index in [9.17, 15) is 14.4 Å². The predicted octanol–water partition coefficient (Wildman–Crippen LogP) is 5.79. The molecule has 0 unspecified atom stereocenters. The number of phenolic OH excluding ortho intramolecular Hbond substituents is 2. The molecule has 3 atom stereocenters. The predicted molar refractivity (Wildman–Crippen MR) is 180 cm³/mol. The van der Waals surface area contributed by atoms with Crippen molar-refractivity contribution >= 4 is 35.5 Å². The SMILES string of the molecule is CC(C)(C)OC(=O)NCc1ccc(O)cc1.CC(C)(C)OCNc1ccc(O)cc1.O=C(O)CCCC[C@@H]1SC[C@@H]2NC(=O)N[C@@H]21. The van der Waals surface area contributed by atoms with Crippen molar-refractivity contribution in [3.63, 3.8) is 0 Å². The van der Waals surface area contributed by atoms with Gasteiger partial charge in [-0.2, -0.15) is 11.8 Å². The van der Waals surface area contributed by atoms with Crippen LogP contribution >= 0.6 is 11.8 Å². The molecule has 0 aliphatic carbocycles. The highest BCUT2D eigenvalue weighted by atomic mass is 32.2. The molecule has 46 heavy (non-hydrogen) atoms. The normalized spacial score (nSPS) is 18.4. The first kappa shape index (κ1) is 38.3. The first-order valence-electron chi connectivity index (χ1n) is 15.3. The fourth-order valence-electron chi connectivity index (χ4n) is 4.28. The van der Waals surface area contributed by atoms with Gasteiger partial charge < -0.3 is 46.1 Å². The molecule has 0 bridgehead atoms. The molecule has 2 aliphatic rings. The molecule has 0 spiro atoms. The molecule has 2 heterocycles. The number of hydrogen-bond donors (Lipinski definition) is 7. The summed E-state index contributed by atoms with van der Waals surface area (Å²) < 4.78 is 10.6. The van der Waals surface area contributed by atoms with Gasteiger partial charge in [0.15, 0.2) is 0 Å². The van der Waals surface area contributed by atoms with E-state index in [0.717, 1.165) is 36.3 Å². The van der Waals surface area contributed by atoms with Crippen LogP contribution in [0.3, 0.4) is 0 Å². The highest BCUT2D eigenvalue weighted by Crippen LogP contribution is 2.33. The van der Waals surface area contributed by atoms with E-state index < -0.39 is 17.7 Å². The third kappa shape index (κ3) is 16.5. The fourth-order valence-corrected chi connectivity index (χ4v) is 5.83. The molecule has 0 aromatic heterocycles. The number of aromatic hydroxyl groups is 2. The number of carbonyl (C=O) groups is 3. The Bertz CT molecular complexity index is 1230. The number of ether oxygens (including phenoxy) is 2. The van der Waals surface area contributed by atoms with Gasteiger partial charge in [0, 0.05) is 29.7 Å². The van der Waals surface area contributed by atoms with Crippen LogP contribution in [0.25, 0.3) is 0 Å². The summed E-state index contributed by atoms with van der Waals surface area (Å²) in [6, 6.07) is 14.0. The summed E-state index contributed by atoms with van der Waals surface area (Å²) in [5.74, 6) is 0.716. The van der Waals surface area contributed by atoms with Crippen molar-refractivity contribution in [1.82, 2.24) is 16.0 Å². The molecule has 0 saturated carbocycles. The maximum Gasteiger partial charge on any atom is 0.407 e. The van der Waals surface area contributed by atoms with Gasteiger partial charge >= 0.3 is 18.1 Å². The van der Waals surface area contributed by atoms with E-state index in [1.165, 1.54) is 0 Å². The summed E-state index contributed by atoms with van der Waals surface area (Å²) in [5, 5.41) is 38.6. The molecule has 2 aromatic rings. The molecule has 0 radical (unpaired) electrons. The zero-order valence-electron chi connectivity index (χ0n) is 27.6. The van der Waals surface area contributed by atoms with Gasteiger partial charge in [-0.15, -0.1) is 0 Å². The standard InChI is InChI=1S/C12H17NO3.C11H17NO2.C10H16N2O3S/c1-12(2,3)16-11(15)13-8-9-4-6-10(14)7-5-9;1-11(2,3)14-8-12-9-4-6-10(13)7-5-9;13-8(14)4-2-1-3-7-9-6(5-16-7)11-10(15)12-9/h4-7,14H,8H2,1-3H3,(H,13,15);4-7,12-13H,8H2,1-3H3;6-7,9H,1-5H2,(H,13,14)(H2,11,12,15)/t;;6-,7-,9-/m..0/s1. The van der Waals surface area contributed by atoms with Crippen molar-refractivity contribution in [2.75, 3.05) is 17.8 Å². The Morgan fingerprint density at radius 3 is 2.09 bits per heavy atom. The van der Waals surface area contributed by atoms with Crippen molar-refractivity contribution in [2.45, 2.75) is 102 Å². The van der Waals surface area contributed by atoms with Crippen LogP contribution < -0.4 is 21.3 Å². The summed E-state index contributed by atoms with van der Waals surface area (Å²) in [5.41, 5.74) is 1.22. The topological polar surface area (TPSA) is 178 Å². The van der Waals surface area contributed by atoms with Gasteiger partial charge in [-0.25, -0.2) is 9.59 Å². The molecule has 256 valence electrons. The molecule has 2 saturated heterocycles. The Morgan fingerprint density at radius 1 is 0.913 bits per heavy atom. The third-order valence-electron chi connectivity index (χ3n) is 6.49. The Hall–Kier alpha value is -3.84. The van der Waals surface area contributed by atoms with Crippen LogP contribution in [-0.2, 0) is 20.8 Å². The number of anilines is 1. The van der Waals surface area contributed by atoms with E-state index in [1.54, 1.807) is 48.5 Å². The van der Waals surface area contributed by atoms with Crippen LogP contribution in [0.15, 0.2) is 48.5 Å². The maximum absolute atomic E-state index is 11.3. The lowest BCUT2D eigenvalue weighted by atomic mass is 10.0. The number of carbonyl (C=O) groups excluding carboxylic acids is 2. The monoisotopic (exact) mass is 662 g/mol. The van der Waals surface area contributed by atoms with Gasteiger partial charge in [-0.1, -0.05) is 18.6 Å². The van der Waals surface area contributed by atoms with Gasteiger partial charge in [0.05, 0.1) is 17.7 Å². The van der Waals surface area contributed by atoms with E-state index in [-0.39, 0.29) is 41.6 Å². The number of alkyl carbamates (subject to hydrolysis) is 1. The first-order chi connectivity index (χ1) is 21.5. The molecule has 7 N–H and O–H groups in total. The van der Waals surface area contributed by atoms with E-state index in [0.29, 0.717) is 18.5 Å². The van der Waals surface area contributed by atoms with E-state index in [2.05, 4.69) is 21.3 Å². The van der Waals surface area contributed by atoms with Gasteiger partial charge in [0.25, 0.3) is 0 Å². The lowest BCUT2D eigenvalue weighted by Crippen LogP contribution is -2.36. The molecule has 3 amide bonds. The van der Waals surface area contributed by atoms with E-state index in [4.69, 9.17) is 24.8 Å². The van der Waals surface area contributed by atoms with Crippen LogP contribution in [0.1, 0.15) is 72.8 Å². The highest BCUT2D eigenvalue weighted by molar-refractivity contribution is 8.00. The number of benzene rings is 2. The Balaban J connectivity index is 0.000000241. The molecule has 12 nitrogen and oxygen atoms in total. The van der Waals surface area contributed by atoms with Crippen LogP contribution in [0, 0.1) is 0 Å². The largest absolute Gasteiger partial charge is 0.508 e. The van der Waals surface area contributed by atoms with Crippen molar-refractivity contribution < 1.29 is 39.2 Å². The number of thioether (sulfide) groups is 1. The molecule has 2 fully saturated rings. The van der Waals surface area contributed by atoms with Crippen LogP contribution in [0.5, 0.6) is 11.5 Å². The summed E-state index contributed by atoms with van der Waals surface area (Å²) in [7, 11) is 0. The van der Waals surface area contributed by atoms with Crippen molar-refractivity contribution in [2.24, 2.45) is 0 Å². The first-order valence-corrected chi connectivity index (χ1v) is 16.4. The molecule has 2 aromatic carbocycles. The smallest absolute Gasteiger partial charge is 0.407 e. The zero-order valence-corrected chi connectivity index (χ0v) is 28.4. The number of fused-ring (bicyclic) bond motifs is 1. The Kier molecular flexibility index (Phi) is 15.3. The molecular formula is C33H50N4O8S. The number of aliphatic carboxylic acids is 1. The average Bonchev–Trinajstić information content (AvgIpc) is 3.50. The molecular weight excluding hydrogens is 612 g/mol. The lowest BCUT2D eigenvalue weighted by Gasteiger charge is -2.20. The minimum absolute atomic E-state index is 0.0640. The quantitative estimate of drug-likeness (QED) is 0.0713. The maximum atomic E-state index is 11.3. The summed E-state index contributed by atoms with van der Waals surface area (Å²) in [6.45, 7) is 12.3. The minimum atomic E-state index is -0.729. The molecule has 2 aliphatic heterocycles. The summed E-state index contributed by atoms with van der Waals surface area (Å²) in [6.07, 6.45) is 2.44. The number of urea groups is 1.